The summed E-state index contributed by atoms with van der Waals surface area (Å²) in [6.45, 7) is -2.30. The third kappa shape index (κ3) is 7.50. The lowest BCUT2D eigenvalue weighted by atomic mass is 9.96. The van der Waals surface area contributed by atoms with Crippen molar-refractivity contribution in [2.45, 2.75) is 92.7 Å². The van der Waals surface area contributed by atoms with Gasteiger partial charge in [0.15, 0.2) is 12.6 Å². The normalized spacial score (nSPS) is 40.0. The topological polar surface area (TPSA) is 289 Å². The second kappa shape index (κ2) is 14.3. The van der Waals surface area contributed by atoms with Gasteiger partial charge in [-0.2, -0.15) is 0 Å². The third-order valence-corrected chi connectivity index (χ3v) is 6.15. The van der Waals surface area contributed by atoms with E-state index in [2.05, 4.69) is 5.32 Å². The molecule has 14 atom stereocenters. The highest BCUT2D eigenvalue weighted by Gasteiger charge is 2.51. The molecule has 2 saturated heterocycles. The van der Waals surface area contributed by atoms with Crippen LogP contribution in [-0.2, 0) is 23.7 Å². The summed E-state index contributed by atoms with van der Waals surface area (Å²) >= 11 is 0. The van der Waals surface area contributed by atoms with E-state index in [0.29, 0.717) is 0 Å². The average molecular weight is 548 g/mol. The molecule has 218 valence electrons. The van der Waals surface area contributed by atoms with Crippen LogP contribution in [-0.4, -0.2) is 174 Å². The zero-order valence-electron chi connectivity index (χ0n) is 19.9. The standard InChI is InChI=1S/C20H37NO16/c1-6(26)21-7(2-22)11(28)17(8(27)3-23)36-20-16(33)14(31)18(10(5-25)35-20)37-19-15(32)13(30)12(29)9(4-24)34-19/h7-20,22-25,27-33H,2-5H2,1H3,(H,21,26). The molecule has 0 spiro atoms. The molecular formula is C20H37NO16. The molecule has 0 bridgehead atoms. The number of hydrogen-bond donors (Lipinski definition) is 12. The van der Waals surface area contributed by atoms with Crippen LogP contribution >= 0.6 is 0 Å². The molecule has 2 heterocycles. The Hall–Kier alpha value is -1.13. The van der Waals surface area contributed by atoms with Crippen LogP contribution in [0.4, 0.5) is 0 Å². The minimum Gasteiger partial charge on any atom is -0.394 e. The van der Waals surface area contributed by atoms with Gasteiger partial charge in [0.25, 0.3) is 0 Å². The highest BCUT2D eigenvalue weighted by atomic mass is 16.7. The molecular weight excluding hydrogens is 510 g/mol. The van der Waals surface area contributed by atoms with E-state index in [-0.39, 0.29) is 0 Å². The van der Waals surface area contributed by atoms with Crippen LogP contribution in [0.25, 0.3) is 0 Å². The fraction of sp³-hybridized carbons (Fsp3) is 0.950. The van der Waals surface area contributed by atoms with Crippen molar-refractivity contribution < 1.29 is 79.9 Å². The van der Waals surface area contributed by atoms with Crippen LogP contribution < -0.4 is 5.32 Å². The predicted molar refractivity (Wildman–Crippen MR) is 115 cm³/mol. The molecule has 17 heteroatoms. The van der Waals surface area contributed by atoms with Gasteiger partial charge in [-0.25, -0.2) is 0 Å². The van der Waals surface area contributed by atoms with Crippen molar-refractivity contribution in [1.82, 2.24) is 5.32 Å². The van der Waals surface area contributed by atoms with E-state index in [9.17, 15) is 61.0 Å². The molecule has 12 N–H and O–H groups in total. The van der Waals surface area contributed by atoms with Crippen molar-refractivity contribution in [1.29, 1.82) is 0 Å². The summed E-state index contributed by atoms with van der Waals surface area (Å²) in [5, 5.41) is 112. The molecule has 0 aromatic rings. The lowest BCUT2D eigenvalue weighted by Crippen LogP contribution is -2.65. The Balaban J connectivity index is 2.19. The molecule has 0 saturated carbocycles. The highest BCUT2D eigenvalue weighted by molar-refractivity contribution is 5.73. The van der Waals surface area contributed by atoms with E-state index < -0.39 is 118 Å². The number of nitrogens with one attached hydrogen (secondary N) is 1. The van der Waals surface area contributed by atoms with E-state index in [0.717, 1.165) is 6.92 Å². The minimum absolute atomic E-state index is 0.645. The zero-order chi connectivity index (χ0) is 28.0. The monoisotopic (exact) mass is 547 g/mol. The SMILES string of the molecule is CC(=O)NC(CO)C(O)C(OC1OC(CO)C(OC2OC(CO)C(O)C(O)C2O)C(O)C1O)C(O)CO. The van der Waals surface area contributed by atoms with Crippen molar-refractivity contribution in [3.63, 3.8) is 0 Å². The first kappa shape index (κ1) is 32.1. The molecule has 2 aliphatic rings. The Morgan fingerprint density at radius 1 is 0.811 bits per heavy atom. The molecule has 2 aliphatic heterocycles. The summed E-state index contributed by atoms with van der Waals surface area (Å²) in [4.78, 5) is 11.4. The van der Waals surface area contributed by atoms with E-state index in [1.807, 2.05) is 0 Å². The molecule has 0 radical (unpaired) electrons. The van der Waals surface area contributed by atoms with Crippen LogP contribution in [0, 0.1) is 0 Å². The second-order valence-corrected chi connectivity index (χ2v) is 8.84. The van der Waals surface area contributed by atoms with Crippen molar-refractivity contribution in [3.8, 4) is 0 Å². The molecule has 0 aromatic carbocycles. The van der Waals surface area contributed by atoms with Gasteiger partial charge in [0.1, 0.15) is 67.1 Å². The summed E-state index contributed by atoms with van der Waals surface area (Å²) in [6, 6.07) is -1.37. The van der Waals surface area contributed by atoms with Crippen molar-refractivity contribution >= 4 is 5.91 Å². The van der Waals surface area contributed by atoms with Gasteiger partial charge in [-0.15, -0.1) is 0 Å². The Morgan fingerprint density at radius 3 is 1.89 bits per heavy atom. The maximum atomic E-state index is 11.4. The maximum Gasteiger partial charge on any atom is 0.217 e. The highest BCUT2D eigenvalue weighted by Crippen LogP contribution is 2.30. The molecule has 0 aliphatic carbocycles. The van der Waals surface area contributed by atoms with Crippen LogP contribution in [0.3, 0.4) is 0 Å². The van der Waals surface area contributed by atoms with Crippen LogP contribution in [0.2, 0.25) is 0 Å². The first-order valence-electron chi connectivity index (χ1n) is 11.5. The maximum absolute atomic E-state index is 11.4. The summed E-state index contributed by atoms with van der Waals surface area (Å²) < 4.78 is 21.5. The number of rotatable bonds is 12. The van der Waals surface area contributed by atoms with Gasteiger partial charge in [0.05, 0.1) is 32.5 Å². The summed E-state index contributed by atoms with van der Waals surface area (Å²) in [5.74, 6) is -0.645. The van der Waals surface area contributed by atoms with Crippen LogP contribution in [0.15, 0.2) is 0 Å². The van der Waals surface area contributed by atoms with Gasteiger partial charge in [-0.3, -0.25) is 4.79 Å². The van der Waals surface area contributed by atoms with Gasteiger partial charge >= 0.3 is 0 Å². The average Bonchev–Trinajstić information content (AvgIpc) is 2.88. The first-order chi connectivity index (χ1) is 17.4. The predicted octanol–water partition coefficient (Wildman–Crippen LogP) is -7.79. The number of aliphatic hydroxyl groups is 11. The number of ether oxygens (including phenoxy) is 4. The van der Waals surface area contributed by atoms with E-state index >= 15 is 0 Å². The van der Waals surface area contributed by atoms with E-state index in [4.69, 9.17) is 18.9 Å². The minimum atomic E-state index is -1.99. The number of carbonyl (C=O) groups excluding carboxylic acids is 1. The van der Waals surface area contributed by atoms with Gasteiger partial charge < -0.3 is 80.4 Å². The Labute approximate surface area is 211 Å². The lowest BCUT2D eigenvalue weighted by Gasteiger charge is -2.46. The molecule has 37 heavy (non-hydrogen) atoms. The smallest absolute Gasteiger partial charge is 0.217 e. The van der Waals surface area contributed by atoms with Gasteiger partial charge in [-0.05, 0) is 0 Å². The fourth-order valence-electron chi connectivity index (χ4n) is 4.05. The van der Waals surface area contributed by atoms with Gasteiger partial charge in [-0.1, -0.05) is 0 Å². The molecule has 17 nitrogen and oxygen atoms in total. The van der Waals surface area contributed by atoms with Crippen molar-refractivity contribution in [2.75, 3.05) is 26.4 Å². The molecule has 1 amide bonds. The zero-order valence-corrected chi connectivity index (χ0v) is 19.9. The first-order valence-corrected chi connectivity index (χ1v) is 11.5. The van der Waals surface area contributed by atoms with Gasteiger partial charge in [0.2, 0.25) is 5.91 Å². The summed E-state index contributed by atoms with van der Waals surface area (Å²) in [6.07, 6.45) is -22.8. The molecule has 2 fully saturated rings. The Kier molecular flexibility index (Phi) is 12.4. The quantitative estimate of drug-likeness (QED) is 0.108. The number of hydrogen-bond acceptors (Lipinski definition) is 16. The lowest BCUT2D eigenvalue weighted by molar-refractivity contribution is -0.367. The number of amides is 1. The van der Waals surface area contributed by atoms with Crippen molar-refractivity contribution in [3.05, 3.63) is 0 Å². The van der Waals surface area contributed by atoms with Gasteiger partial charge in [0, 0.05) is 6.92 Å². The largest absolute Gasteiger partial charge is 0.394 e. The Bertz CT molecular complexity index is 699. The third-order valence-electron chi connectivity index (χ3n) is 6.15. The molecule has 2 rings (SSSR count). The van der Waals surface area contributed by atoms with E-state index in [1.54, 1.807) is 0 Å². The summed E-state index contributed by atoms with van der Waals surface area (Å²) in [7, 11) is 0. The van der Waals surface area contributed by atoms with Crippen LogP contribution in [0.5, 0.6) is 0 Å². The van der Waals surface area contributed by atoms with Crippen LogP contribution in [0.1, 0.15) is 6.92 Å². The fourth-order valence-corrected chi connectivity index (χ4v) is 4.05. The second-order valence-electron chi connectivity index (χ2n) is 8.84. The number of carbonyl (C=O) groups is 1. The van der Waals surface area contributed by atoms with Crippen molar-refractivity contribution in [2.24, 2.45) is 0 Å². The molecule has 14 unspecified atom stereocenters. The number of aliphatic hydroxyl groups excluding tert-OH is 11. The summed E-state index contributed by atoms with van der Waals surface area (Å²) in [5.41, 5.74) is 0. The molecule has 0 aromatic heterocycles. The van der Waals surface area contributed by atoms with E-state index in [1.165, 1.54) is 0 Å². The Morgan fingerprint density at radius 2 is 1.38 bits per heavy atom.